The molecule has 1 unspecified atom stereocenters. The molecule has 0 spiro atoms. The molecule has 142 valence electrons. The number of fused-ring (bicyclic) bond motifs is 1. The van der Waals surface area contributed by atoms with Gasteiger partial charge >= 0.3 is 0 Å². The van der Waals surface area contributed by atoms with Gasteiger partial charge < -0.3 is 14.6 Å². The van der Waals surface area contributed by atoms with Gasteiger partial charge in [0.15, 0.2) is 0 Å². The SMILES string of the molecule is C[C@H]1C[C@H](Cn2cnc3cc(-c4cnn(C5CCCCO5)c4)ccc32)CN1. The number of nitrogens with one attached hydrogen (secondary N) is 1. The number of imidazole rings is 1. The Morgan fingerprint density at radius 1 is 1.26 bits per heavy atom. The van der Waals surface area contributed by atoms with Gasteiger partial charge in [0.1, 0.15) is 6.23 Å². The van der Waals surface area contributed by atoms with Crippen LogP contribution in [0.1, 0.15) is 38.8 Å². The molecule has 0 aliphatic carbocycles. The molecule has 2 saturated heterocycles. The first kappa shape index (κ1) is 17.0. The lowest BCUT2D eigenvalue weighted by molar-refractivity contribution is -0.0394. The van der Waals surface area contributed by atoms with Gasteiger partial charge in [-0.25, -0.2) is 9.67 Å². The van der Waals surface area contributed by atoms with Gasteiger partial charge in [-0.2, -0.15) is 5.10 Å². The second kappa shape index (κ2) is 7.09. The highest BCUT2D eigenvalue weighted by atomic mass is 16.5. The molecule has 1 N–H and O–H groups in total. The van der Waals surface area contributed by atoms with Crippen molar-refractivity contribution >= 4 is 11.0 Å². The first-order valence-electron chi connectivity index (χ1n) is 10.1. The lowest BCUT2D eigenvalue weighted by Crippen LogP contribution is -2.18. The number of benzene rings is 1. The van der Waals surface area contributed by atoms with E-state index in [0.717, 1.165) is 49.2 Å². The van der Waals surface area contributed by atoms with Crippen molar-refractivity contribution in [3.8, 4) is 11.1 Å². The van der Waals surface area contributed by atoms with E-state index in [1.54, 1.807) is 0 Å². The Hall–Kier alpha value is -2.18. The third kappa shape index (κ3) is 3.39. The van der Waals surface area contributed by atoms with E-state index in [1.165, 1.54) is 18.4 Å². The highest BCUT2D eigenvalue weighted by Crippen LogP contribution is 2.28. The van der Waals surface area contributed by atoms with E-state index in [9.17, 15) is 0 Å². The largest absolute Gasteiger partial charge is 0.357 e. The molecule has 2 aliphatic rings. The summed E-state index contributed by atoms with van der Waals surface area (Å²) in [4.78, 5) is 4.65. The molecule has 3 aromatic rings. The van der Waals surface area contributed by atoms with Crippen LogP contribution < -0.4 is 5.32 Å². The Balaban J connectivity index is 1.36. The Kier molecular flexibility index (Phi) is 4.45. The van der Waals surface area contributed by atoms with E-state index in [1.807, 2.05) is 17.2 Å². The zero-order valence-electron chi connectivity index (χ0n) is 15.8. The second-order valence-electron chi connectivity index (χ2n) is 8.04. The normalized spacial score (nSPS) is 26.0. The molecule has 6 nitrogen and oxygen atoms in total. The number of nitrogens with zero attached hydrogens (tertiary/aromatic N) is 4. The van der Waals surface area contributed by atoms with E-state index < -0.39 is 0 Å². The molecule has 0 bridgehead atoms. The fourth-order valence-electron chi connectivity index (χ4n) is 4.42. The zero-order chi connectivity index (χ0) is 18.2. The summed E-state index contributed by atoms with van der Waals surface area (Å²) in [5.41, 5.74) is 4.54. The van der Waals surface area contributed by atoms with Gasteiger partial charge in [-0.3, -0.25) is 0 Å². The number of rotatable bonds is 4. The molecule has 27 heavy (non-hydrogen) atoms. The fourth-order valence-corrected chi connectivity index (χ4v) is 4.42. The quantitative estimate of drug-likeness (QED) is 0.768. The average Bonchev–Trinajstić information content (AvgIpc) is 3.43. The molecule has 1 aromatic carbocycles. The maximum Gasteiger partial charge on any atom is 0.150 e. The Labute approximate surface area is 159 Å². The van der Waals surface area contributed by atoms with E-state index >= 15 is 0 Å². The van der Waals surface area contributed by atoms with Crippen LogP contribution in [0.5, 0.6) is 0 Å². The van der Waals surface area contributed by atoms with Crippen molar-refractivity contribution in [1.29, 1.82) is 0 Å². The third-order valence-electron chi connectivity index (χ3n) is 5.90. The van der Waals surface area contributed by atoms with Crippen LogP contribution in [0.3, 0.4) is 0 Å². The Bertz CT molecular complexity index is 924. The van der Waals surface area contributed by atoms with E-state index in [2.05, 4.69) is 51.3 Å². The molecular weight excluding hydrogens is 338 g/mol. The van der Waals surface area contributed by atoms with E-state index in [4.69, 9.17) is 4.74 Å². The average molecular weight is 365 g/mol. The maximum absolute atomic E-state index is 5.84. The van der Waals surface area contributed by atoms with Crippen molar-refractivity contribution < 1.29 is 4.74 Å². The second-order valence-corrected chi connectivity index (χ2v) is 8.04. The van der Waals surface area contributed by atoms with Gasteiger partial charge in [-0.05, 0) is 62.8 Å². The molecule has 2 fully saturated rings. The highest BCUT2D eigenvalue weighted by molar-refractivity contribution is 5.81. The summed E-state index contributed by atoms with van der Waals surface area (Å²) in [6.45, 7) is 5.22. The van der Waals surface area contributed by atoms with Crippen LogP contribution >= 0.6 is 0 Å². The standard InChI is InChI=1S/C21H27N5O/c1-15-8-16(10-22-15)12-25-14-23-19-9-17(5-6-20(19)25)18-11-24-26(13-18)21-4-2-3-7-27-21/h5-6,9,11,13-16,21-22H,2-4,7-8,10,12H2,1H3/t15-,16-,21?/m0/s1. The fraction of sp³-hybridized carbons (Fsp3) is 0.524. The van der Waals surface area contributed by atoms with Gasteiger partial charge in [0.2, 0.25) is 0 Å². The number of hydrogen-bond donors (Lipinski definition) is 1. The van der Waals surface area contributed by atoms with Gasteiger partial charge in [0.25, 0.3) is 0 Å². The summed E-state index contributed by atoms with van der Waals surface area (Å²) in [6, 6.07) is 7.17. The van der Waals surface area contributed by atoms with Gasteiger partial charge in [-0.1, -0.05) is 6.07 Å². The predicted molar refractivity (Wildman–Crippen MR) is 105 cm³/mol. The molecule has 4 heterocycles. The minimum Gasteiger partial charge on any atom is -0.357 e. The summed E-state index contributed by atoms with van der Waals surface area (Å²) >= 11 is 0. The number of ether oxygens (including phenoxy) is 1. The third-order valence-corrected chi connectivity index (χ3v) is 5.90. The first-order valence-corrected chi connectivity index (χ1v) is 10.1. The van der Waals surface area contributed by atoms with Crippen molar-refractivity contribution in [2.24, 2.45) is 5.92 Å². The summed E-state index contributed by atoms with van der Waals surface area (Å²) in [7, 11) is 0. The van der Waals surface area contributed by atoms with Crippen molar-refractivity contribution in [2.75, 3.05) is 13.2 Å². The summed E-state index contributed by atoms with van der Waals surface area (Å²) in [6.07, 6.45) is 10.7. The Morgan fingerprint density at radius 2 is 2.22 bits per heavy atom. The van der Waals surface area contributed by atoms with Crippen LogP contribution in [0.2, 0.25) is 0 Å². The van der Waals surface area contributed by atoms with Crippen LogP contribution in [-0.4, -0.2) is 38.5 Å². The van der Waals surface area contributed by atoms with Crippen molar-refractivity contribution in [3.05, 3.63) is 36.9 Å². The zero-order valence-corrected chi connectivity index (χ0v) is 15.8. The molecule has 3 atom stereocenters. The van der Waals surface area contributed by atoms with Crippen molar-refractivity contribution in [3.63, 3.8) is 0 Å². The van der Waals surface area contributed by atoms with Gasteiger partial charge in [-0.15, -0.1) is 0 Å². The monoisotopic (exact) mass is 365 g/mol. The smallest absolute Gasteiger partial charge is 0.150 e. The lowest BCUT2D eigenvalue weighted by atomic mass is 10.1. The first-order chi connectivity index (χ1) is 13.3. The van der Waals surface area contributed by atoms with Crippen LogP contribution in [0, 0.1) is 5.92 Å². The summed E-state index contributed by atoms with van der Waals surface area (Å²) < 4.78 is 10.1. The molecule has 2 aromatic heterocycles. The molecule has 0 saturated carbocycles. The molecule has 0 amide bonds. The molecule has 6 heteroatoms. The molecule has 2 aliphatic heterocycles. The van der Waals surface area contributed by atoms with Crippen LogP contribution in [-0.2, 0) is 11.3 Å². The van der Waals surface area contributed by atoms with Gasteiger partial charge in [0.05, 0.1) is 23.6 Å². The van der Waals surface area contributed by atoms with Crippen LogP contribution in [0.15, 0.2) is 36.9 Å². The topological polar surface area (TPSA) is 56.9 Å². The van der Waals surface area contributed by atoms with Gasteiger partial charge in [0, 0.05) is 31.0 Å². The summed E-state index contributed by atoms with van der Waals surface area (Å²) in [5, 5.41) is 8.07. The highest BCUT2D eigenvalue weighted by Gasteiger charge is 2.21. The minimum absolute atomic E-state index is 0.0813. The van der Waals surface area contributed by atoms with Crippen LogP contribution in [0.4, 0.5) is 0 Å². The predicted octanol–water partition coefficient (Wildman–Crippen LogP) is 3.60. The molecule has 5 rings (SSSR count). The Morgan fingerprint density at radius 3 is 3.04 bits per heavy atom. The molecule has 0 radical (unpaired) electrons. The van der Waals surface area contributed by atoms with Crippen molar-refractivity contribution in [2.45, 2.75) is 51.4 Å². The minimum atomic E-state index is 0.0813. The number of hydrogen-bond acceptors (Lipinski definition) is 4. The molecular formula is C21H27N5O. The van der Waals surface area contributed by atoms with Crippen LogP contribution in [0.25, 0.3) is 22.2 Å². The van der Waals surface area contributed by atoms with E-state index in [-0.39, 0.29) is 6.23 Å². The van der Waals surface area contributed by atoms with E-state index in [0.29, 0.717) is 12.0 Å². The lowest BCUT2D eigenvalue weighted by Gasteiger charge is -2.22. The maximum atomic E-state index is 5.84. The number of aromatic nitrogens is 4. The van der Waals surface area contributed by atoms with Crippen molar-refractivity contribution in [1.82, 2.24) is 24.6 Å². The summed E-state index contributed by atoms with van der Waals surface area (Å²) in [5.74, 6) is 0.686.